The summed E-state index contributed by atoms with van der Waals surface area (Å²) < 4.78 is 36.6. The molecule has 0 spiro atoms. The lowest BCUT2D eigenvalue weighted by Crippen LogP contribution is -2.42. The van der Waals surface area contributed by atoms with E-state index in [4.69, 9.17) is 4.74 Å². The number of carbonyl (C=O) groups is 2. The fourth-order valence-corrected chi connectivity index (χ4v) is 4.63. The number of benzene rings is 1. The average Bonchev–Trinajstić information content (AvgIpc) is 3.44. The third-order valence-corrected chi connectivity index (χ3v) is 6.22. The van der Waals surface area contributed by atoms with Gasteiger partial charge in [-0.25, -0.2) is 13.6 Å². The van der Waals surface area contributed by atoms with E-state index in [-0.39, 0.29) is 23.5 Å². The van der Waals surface area contributed by atoms with E-state index in [0.29, 0.717) is 44.7 Å². The number of ether oxygens (including phenoxy) is 1. The van der Waals surface area contributed by atoms with Crippen molar-refractivity contribution in [1.29, 1.82) is 0 Å². The van der Waals surface area contributed by atoms with Crippen LogP contribution in [0, 0.1) is 11.6 Å². The SMILES string of the molecule is CC(C)(C)OC(=O)N1CCC(n2cccc2C(=O)Nc2cc(F)c(N3CCCC3)c(F)c2)CC1. The first kappa shape index (κ1) is 24.0. The molecule has 9 heteroatoms. The van der Waals surface area contributed by atoms with Crippen LogP contribution in [0.2, 0.25) is 0 Å². The molecule has 0 aliphatic carbocycles. The number of amides is 2. The molecule has 0 atom stereocenters. The Kier molecular flexibility index (Phi) is 6.81. The number of hydrogen-bond acceptors (Lipinski definition) is 4. The molecule has 2 aliphatic rings. The number of halogens is 2. The molecule has 1 N–H and O–H groups in total. The third-order valence-electron chi connectivity index (χ3n) is 6.22. The first-order valence-electron chi connectivity index (χ1n) is 11.8. The Balaban J connectivity index is 1.41. The Labute approximate surface area is 198 Å². The molecular formula is C25H32F2N4O3. The standard InChI is InChI=1S/C25H32F2N4O3/c1-25(2,3)34-24(33)30-13-8-18(9-14-30)31-12-6-7-21(31)23(32)28-17-15-19(26)22(20(27)16-17)29-10-4-5-11-29/h6-7,12,15-16,18H,4-5,8-11,13-14H2,1-3H3,(H,28,32). The lowest BCUT2D eigenvalue weighted by Gasteiger charge is -2.34. The van der Waals surface area contributed by atoms with Gasteiger partial charge in [-0.1, -0.05) is 0 Å². The van der Waals surface area contributed by atoms with Gasteiger partial charge in [-0.15, -0.1) is 0 Å². The van der Waals surface area contributed by atoms with Gasteiger partial charge >= 0.3 is 6.09 Å². The van der Waals surface area contributed by atoms with Crippen LogP contribution < -0.4 is 10.2 Å². The van der Waals surface area contributed by atoms with Gasteiger partial charge in [-0.3, -0.25) is 4.79 Å². The van der Waals surface area contributed by atoms with E-state index < -0.39 is 23.1 Å². The zero-order chi connectivity index (χ0) is 24.5. The zero-order valence-electron chi connectivity index (χ0n) is 19.9. The summed E-state index contributed by atoms with van der Waals surface area (Å²) in [5.41, 5.74) is -0.100. The molecule has 3 heterocycles. The van der Waals surface area contributed by atoms with Crippen LogP contribution in [-0.4, -0.2) is 53.2 Å². The van der Waals surface area contributed by atoms with E-state index in [9.17, 15) is 18.4 Å². The molecule has 4 rings (SSSR count). The lowest BCUT2D eigenvalue weighted by atomic mass is 10.0. The number of likely N-dealkylation sites (tertiary alicyclic amines) is 1. The molecule has 2 aliphatic heterocycles. The van der Waals surface area contributed by atoms with Gasteiger partial charge in [0.2, 0.25) is 0 Å². The number of rotatable bonds is 4. The number of piperidine rings is 1. The molecule has 0 saturated carbocycles. The average molecular weight is 475 g/mol. The highest BCUT2D eigenvalue weighted by Gasteiger charge is 2.29. The van der Waals surface area contributed by atoms with Crippen molar-refractivity contribution < 1.29 is 23.1 Å². The van der Waals surface area contributed by atoms with Gasteiger partial charge in [0.15, 0.2) is 11.6 Å². The second-order valence-corrected chi connectivity index (χ2v) is 9.94. The van der Waals surface area contributed by atoms with Crippen molar-refractivity contribution >= 4 is 23.4 Å². The zero-order valence-corrected chi connectivity index (χ0v) is 19.9. The van der Waals surface area contributed by atoms with Crippen LogP contribution in [0.1, 0.15) is 63.0 Å². The smallest absolute Gasteiger partial charge is 0.410 e. The first-order valence-corrected chi connectivity index (χ1v) is 11.8. The van der Waals surface area contributed by atoms with Crippen LogP contribution in [0.25, 0.3) is 0 Å². The Hall–Kier alpha value is -3.10. The van der Waals surface area contributed by atoms with E-state index in [1.54, 1.807) is 21.9 Å². The molecule has 184 valence electrons. The topological polar surface area (TPSA) is 66.8 Å². The third kappa shape index (κ3) is 5.34. The molecule has 2 saturated heterocycles. The Morgan fingerprint density at radius 1 is 1.03 bits per heavy atom. The van der Waals surface area contributed by atoms with Gasteiger partial charge in [0.05, 0.1) is 0 Å². The summed E-state index contributed by atoms with van der Waals surface area (Å²) in [5, 5.41) is 2.63. The molecule has 2 amide bonds. The maximum atomic E-state index is 14.6. The van der Waals surface area contributed by atoms with Crippen molar-refractivity contribution in [2.45, 2.75) is 58.1 Å². The minimum absolute atomic E-state index is 0.0282. The fraction of sp³-hybridized carbons (Fsp3) is 0.520. The van der Waals surface area contributed by atoms with E-state index in [1.807, 2.05) is 31.5 Å². The summed E-state index contributed by atoms with van der Waals surface area (Å²) >= 11 is 0. The minimum atomic E-state index is -0.679. The molecule has 2 fully saturated rings. The number of anilines is 2. The molecule has 7 nitrogen and oxygen atoms in total. The quantitative estimate of drug-likeness (QED) is 0.662. The van der Waals surface area contributed by atoms with Gasteiger partial charge in [-0.05, 0) is 70.7 Å². The highest BCUT2D eigenvalue weighted by atomic mass is 19.1. The molecule has 0 unspecified atom stereocenters. The van der Waals surface area contributed by atoms with Gasteiger partial charge in [0.25, 0.3) is 5.91 Å². The Bertz CT molecular complexity index is 1030. The number of aromatic nitrogens is 1. The lowest BCUT2D eigenvalue weighted by molar-refractivity contribution is 0.0187. The van der Waals surface area contributed by atoms with Crippen molar-refractivity contribution in [3.8, 4) is 0 Å². The van der Waals surface area contributed by atoms with Crippen LogP contribution in [0.15, 0.2) is 30.5 Å². The van der Waals surface area contributed by atoms with Crippen molar-refractivity contribution in [1.82, 2.24) is 9.47 Å². The summed E-state index contributed by atoms with van der Waals surface area (Å²) in [5.74, 6) is -1.79. The van der Waals surface area contributed by atoms with Crippen molar-refractivity contribution in [2.75, 3.05) is 36.4 Å². The largest absolute Gasteiger partial charge is 0.444 e. The van der Waals surface area contributed by atoms with E-state index in [0.717, 1.165) is 12.8 Å². The monoisotopic (exact) mass is 474 g/mol. The van der Waals surface area contributed by atoms with E-state index in [1.165, 1.54) is 12.1 Å². The number of carbonyl (C=O) groups excluding carboxylic acids is 2. The van der Waals surface area contributed by atoms with Crippen molar-refractivity contribution in [2.24, 2.45) is 0 Å². The van der Waals surface area contributed by atoms with Crippen molar-refractivity contribution in [3.05, 3.63) is 47.8 Å². The normalized spacial score (nSPS) is 17.2. The molecule has 1 aromatic carbocycles. The van der Waals surface area contributed by atoms with E-state index in [2.05, 4.69) is 5.32 Å². The molecule has 2 aromatic rings. The van der Waals surface area contributed by atoms with Crippen LogP contribution in [0.3, 0.4) is 0 Å². The van der Waals surface area contributed by atoms with Crippen LogP contribution in [0.4, 0.5) is 25.0 Å². The van der Waals surface area contributed by atoms with E-state index >= 15 is 0 Å². The van der Waals surface area contributed by atoms with Crippen molar-refractivity contribution in [3.63, 3.8) is 0 Å². The summed E-state index contributed by atoms with van der Waals surface area (Å²) in [6.07, 6.45) is 4.64. The first-order chi connectivity index (χ1) is 16.1. The maximum absolute atomic E-state index is 14.6. The number of nitrogens with zero attached hydrogens (tertiary/aromatic N) is 3. The number of nitrogens with one attached hydrogen (secondary N) is 1. The summed E-state index contributed by atoms with van der Waals surface area (Å²) in [6.45, 7) is 7.79. The van der Waals surface area contributed by atoms with Crippen LogP contribution in [0.5, 0.6) is 0 Å². The van der Waals surface area contributed by atoms with Gasteiger partial charge in [-0.2, -0.15) is 0 Å². The minimum Gasteiger partial charge on any atom is -0.444 e. The molecule has 34 heavy (non-hydrogen) atoms. The molecule has 1 aromatic heterocycles. The Morgan fingerprint density at radius 3 is 2.24 bits per heavy atom. The van der Waals surface area contributed by atoms with Crippen LogP contribution >= 0.6 is 0 Å². The molecular weight excluding hydrogens is 442 g/mol. The molecule has 0 radical (unpaired) electrons. The predicted molar refractivity (Wildman–Crippen MR) is 126 cm³/mol. The van der Waals surface area contributed by atoms with Gasteiger partial charge in [0.1, 0.15) is 17.0 Å². The Morgan fingerprint density at radius 2 is 1.65 bits per heavy atom. The maximum Gasteiger partial charge on any atom is 0.410 e. The predicted octanol–water partition coefficient (Wildman–Crippen LogP) is 5.19. The molecule has 0 bridgehead atoms. The summed E-state index contributed by atoms with van der Waals surface area (Å²) in [7, 11) is 0. The highest BCUT2D eigenvalue weighted by Crippen LogP contribution is 2.30. The van der Waals surface area contributed by atoms with Gasteiger partial charge < -0.3 is 24.4 Å². The summed E-state index contributed by atoms with van der Waals surface area (Å²) in [6, 6.07) is 5.82. The fourth-order valence-electron chi connectivity index (χ4n) is 4.63. The highest BCUT2D eigenvalue weighted by molar-refractivity contribution is 6.03. The second-order valence-electron chi connectivity index (χ2n) is 9.94. The number of hydrogen-bond donors (Lipinski definition) is 1. The van der Waals surface area contributed by atoms with Crippen LogP contribution in [-0.2, 0) is 4.74 Å². The second kappa shape index (κ2) is 9.64. The van der Waals surface area contributed by atoms with Gasteiger partial charge in [0, 0.05) is 44.1 Å². The summed E-state index contributed by atoms with van der Waals surface area (Å²) in [4.78, 5) is 28.7.